The highest BCUT2D eigenvalue weighted by molar-refractivity contribution is 6.34. The minimum atomic E-state index is -0.212. The molecule has 0 saturated heterocycles. The second-order valence-electron chi connectivity index (χ2n) is 3.98. The highest BCUT2D eigenvalue weighted by Crippen LogP contribution is 2.34. The average Bonchev–Trinajstić information content (AvgIpc) is 2.31. The van der Waals surface area contributed by atoms with E-state index in [4.69, 9.17) is 16.3 Å². The average molecular weight is 255 g/mol. The van der Waals surface area contributed by atoms with Gasteiger partial charge in [0.15, 0.2) is 0 Å². The normalized spacial score (nSPS) is 18.2. The number of nitrogens with one attached hydrogen (secondary N) is 2. The van der Waals surface area contributed by atoms with Crippen LogP contribution in [-0.2, 0) is 9.53 Å². The number of hydrogen-bond acceptors (Lipinski definition) is 3. The SMILES string of the molecule is COCCCC1Nc2cccc(Cl)c2NC1=O. The third-order valence-electron chi connectivity index (χ3n) is 2.75. The van der Waals surface area contributed by atoms with Gasteiger partial charge in [-0.2, -0.15) is 0 Å². The molecule has 4 nitrogen and oxygen atoms in total. The van der Waals surface area contributed by atoms with E-state index in [0.29, 0.717) is 17.3 Å². The molecule has 0 aromatic heterocycles. The van der Waals surface area contributed by atoms with Gasteiger partial charge in [0.2, 0.25) is 5.91 Å². The molecule has 0 radical (unpaired) electrons. The first-order chi connectivity index (χ1) is 8.22. The van der Waals surface area contributed by atoms with E-state index in [-0.39, 0.29) is 11.9 Å². The molecule has 2 rings (SSSR count). The summed E-state index contributed by atoms with van der Waals surface area (Å²) in [4.78, 5) is 11.8. The number of amides is 1. The summed E-state index contributed by atoms with van der Waals surface area (Å²) < 4.78 is 4.98. The third kappa shape index (κ3) is 2.70. The molecule has 1 unspecified atom stereocenters. The van der Waals surface area contributed by atoms with Gasteiger partial charge in [-0.1, -0.05) is 17.7 Å². The van der Waals surface area contributed by atoms with Crippen LogP contribution < -0.4 is 10.6 Å². The van der Waals surface area contributed by atoms with Crippen molar-refractivity contribution < 1.29 is 9.53 Å². The third-order valence-corrected chi connectivity index (χ3v) is 3.06. The van der Waals surface area contributed by atoms with E-state index in [1.807, 2.05) is 12.1 Å². The van der Waals surface area contributed by atoms with Crippen LogP contribution in [0.4, 0.5) is 11.4 Å². The Bertz CT molecular complexity index is 423. The van der Waals surface area contributed by atoms with Crippen LogP contribution in [-0.4, -0.2) is 25.7 Å². The predicted molar refractivity (Wildman–Crippen MR) is 68.6 cm³/mol. The van der Waals surface area contributed by atoms with Crippen LogP contribution in [0.5, 0.6) is 0 Å². The molecule has 0 bridgehead atoms. The number of halogens is 1. The molecule has 1 aromatic rings. The molecule has 0 fully saturated rings. The molecule has 0 aliphatic carbocycles. The number of benzene rings is 1. The molecule has 2 N–H and O–H groups in total. The Labute approximate surface area is 105 Å². The van der Waals surface area contributed by atoms with Crippen molar-refractivity contribution in [3.05, 3.63) is 23.2 Å². The van der Waals surface area contributed by atoms with Gasteiger partial charge in [0.1, 0.15) is 6.04 Å². The minimum absolute atomic E-state index is 0.0401. The number of rotatable bonds is 4. The topological polar surface area (TPSA) is 50.4 Å². The quantitative estimate of drug-likeness (QED) is 0.812. The lowest BCUT2D eigenvalue weighted by molar-refractivity contribution is -0.117. The summed E-state index contributed by atoms with van der Waals surface area (Å²) in [6.45, 7) is 0.661. The van der Waals surface area contributed by atoms with Crippen LogP contribution in [0.15, 0.2) is 18.2 Å². The summed E-state index contributed by atoms with van der Waals surface area (Å²) in [5, 5.41) is 6.58. The molecule has 17 heavy (non-hydrogen) atoms. The number of carbonyl (C=O) groups is 1. The molecule has 1 aliphatic rings. The number of hydrogen-bond donors (Lipinski definition) is 2. The van der Waals surface area contributed by atoms with E-state index >= 15 is 0 Å². The first kappa shape index (κ1) is 12.2. The maximum Gasteiger partial charge on any atom is 0.246 e. The van der Waals surface area contributed by atoms with Crippen LogP contribution in [0.25, 0.3) is 0 Å². The fraction of sp³-hybridized carbons (Fsp3) is 0.417. The lowest BCUT2D eigenvalue weighted by Gasteiger charge is -2.27. The van der Waals surface area contributed by atoms with Crippen molar-refractivity contribution in [3.8, 4) is 0 Å². The second-order valence-corrected chi connectivity index (χ2v) is 4.39. The Kier molecular flexibility index (Phi) is 3.86. The summed E-state index contributed by atoms with van der Waals surface area (Å²) in [7, 11) is 1.66. The molecule has 0 spiro atoms. The van der Waals surface area contributed by atoms with Crippen LogP contribution in [0.2, 0.25) is 5.02 Å². The van der Waals surface area contributed by atoms with Crippen LogP contribution >= 0.6 is 11.6 Å². The summed E-state index contributed by atoms with van der Waals surface area (Å²) in [6, 6.07) is 5.31. The van der Waals surface area contributed by atoms with Crippen molar-refractivity contribution in [2.24, 2.45) is 0 Å². The van der Waals surface area contributed by atoms with Gasteiger partial charge >= 0.3 is 0 Å². The number of fused-ring (bicyclic) bond motifs is 1. The molecule has 5 heteroatoms. The fourth-order valence-corrected chi connectivity index (χ4v) is 2.09. The Morgan fingerprint density at radius 2 is 2.29 bits per heavy atom. The molecule has 92 valence electrons. The van der Waals surface area contributed by atoms with Crippen molar-refractivity contribution in [1.29, 1.82) is 0 Å². The zero-order valence-electron chi connectivity index (χ0n) is 9.63. The Morgan fingerprint density at radius 3 is 3.06 bits per heavy atom. The molecule has 1 amide bonds. The highest BCUT2D eigenvalue weighted by Gasteiger charge is 2.25. The number of ether oxygens (including phenoxy) is 1. The summed E-state index contributed by atoms with van der Waals surface area (Å²) in [6.07, 6.45) is 1.59. The molecular formula is C12H15ClN2O2. The molecule has 1 heterocycles. The predicted octanol–water partition coefficient (Wildman–Crippen LogP) is 2.50. The van der Waals surface area contributed by atoms with Gasteiger partial charge in [-0.3, -0.25) is 4.79 Å². The molecule has 1 aliphatic heterocycles. The standard InChI is InChI=1S/C12H15ClN2O2/c1-17-7-3-6-10-12(16)15-11-8(13)4-2-5-9(11)14-10/h2,4-5,10,14H,3,6-7H2,1H3,(H,15,16). The zero-order valence-corrected chi connectivity index (χ0v) is 10.4. The van der Waals surface area contributed by atoms with Gasteiger partial charge in [-0.05, 0) is 25.0 Å². The van der Waals surface area contributed by atoms with Gasteiger partial charge < -0.3 is 15.4 Å². The van der Waals surface area contributed by atoms with Gasteiger partial charge in [0.25, 0.3) is 0 Å². The van der Waals surface area contributed by atoms with E-state index in [2.05, 4.69) is 10.6 Å². The molecular weight excluding hydrogens is 240 g/mol. The van der Waals surface area contributed by atoms with E-state index in [0.717, 1.165) is 18.5 Å². The van der Waals surface area contributed by atoms with Crippen molar-refractivity contribution >= 4 is 28.9 Å². The number of anilines is 2. The monoisotopic (exact) mass is 254 g/mol. The van der Waals surface area contributed by atoms with Gasteiger partial charge in [-0.15, -0.1) is 0 Å². The van der Waals surface area contributed by atoms with E-state index in [1.54, 1.807) is 13.2 Å². The lowest BCUT2D eigenvalue weighted by Crippen LogP contribution is -2.39. The van der Waals surface area contributed by atoms with Crippen molar-refractivity contribution in [3.63, 3.8) is 0 Å². The zero-order chi connectivity index (χ0) is 12.3. The van der Waals surface area contributed by atoms with E-state index in [9.17, 15) is 4.79 Å². The number of carbonyl (C=O) groups excluding carboxylic acids is 1. The summed E-state index contributed by atoms with van der Waals surface area (Å²) in [5.74, 6) is -0.0401. The van der Waals surface area contributed by atoms with Gasteiger partial charge in [-0.25, -0.2) is 0 Å². The summed E-state index contributed by atoms with van der Waals surface area (Å²) in [5.41, 5.74) is 1.54. The number of para-hydroxylation sites is 1. The lowest BCUT2D eigenvalue weighted by atomic mass is 10.1. The second kappa shape index (κ2) is 5.38. The largest absolute Gasteiger partial charge is 0.385 e. The minimum Gasteiger partial charge on any atom is -0.385 e. The van der Waals surface area contributed by atoms with Gasteiger partial charge in [0.05, 0.1) is 16.4 Å². The summed E-state index contributed by atoms with van der Waals surface area (Å²) >= 11 is 6.01. The molecule has 1 atom stereocenters. The smallest absolute Gasteiger partial charge is 0.246 e. The number of methoxy groups -OCH3 is 1. The van der Waals surface area contributed by atoms with Crippen LogP contribution in [0, 0.1) is 0 Å². The van der Waals surface area contributed by atoms with E-state index < -0.39 is 0 Å². The first-order valence-corrected chi connectivity index (χ1v) is 5.95. The molecule has 1 aromatic carbocycles. The fourth-order valence-electron chi connectivity index (χ4n) is 1.87. The Hall–Kier alpha value is -1.26. The van der Waals surface area contributed by atoms with Crippen molar-refractivity contribution in [2.75, 3.05) is 24.4 Å². The van der Waals surface area contributed by atoms with Crippen molar-refractivity contribution in [2.45, 2.75) is 18.9 Å². The molecule has 0 saturated carbocycles. The van der Waals surface area contributed by atoms with Crippen LogP contribution in [0.3, 0.4) is 0 Å². The van der Waals surface area contributed by atoms with Crippen molar-refractivity contribution in [1.82, 2.24) is 0 Å². The van der Waals surface area contributed by atoms with E-state index in [1.165, 1.54) is 0 Å². The first-order valence-electron chi connectivity index (χ1n) is 5.57. The maximum atomic E-state index is 11.8. The van der Waals surface area contributed by atoms with Crippen LogP contribution in [0.1, 0.15) is 12.8 Å². The van der Waals surface area contributed by atoms with Gasteiger partial charge in [0, 0.05) is 13.7 Å². The Balaban J connectivity index is 2.08. The maximum absolute atomic E-state index is 11.8. The Morgan fingerprint density at radius 1 is 1.47 bits per heavy atom. The highest BCUT2D eigenvalue weighted by atomic mass is 35.5.